The van der Waals surface area contributed by atoms with Crippen LogP contribution in [-0.4, -0.2) is 18.0 Å². The van der Waals surface area contributed by atoms with Crippen LogP contribution < -0.4 is 4.74 Å². The third kappa shape index (κ3) is 3.26. The van der Waals surface area contributed by atoms with Crippen molar-refractivity contribution >= 4 is 5.78 Å². The molecule has 0 aliphatic rings. The van der Waals surface area contributed by atoms with Crippen LogP contribution in [0, 0.1) is 5.92 Å². The number of aromatic hydroxyl groups is 1. The predicted molar refractivity (Wildman–Crippen MR) is 62.8 cm³/mol. The zero-order valence-corrected chi connectivity index (χ0v) is 9.99. The maximum Gasteiger partial charge on any atom is 0.160 e. The maximum atomic E-state index is 11.1. The number of carbonyl (C=O) groups excluding carboxylic acids is 1. The van der Waals surface area contributed by atoms with Crippen molar-refractivity contribution in [1.29, 1.82) is 0 Å². The van der Waals surface area contributed by atoms with Gasteiger partial charge >= 0.3 is 0 Å². The molecule has 1 aromatic carbocycles. The summed E-state index contributed by atoms with van der Waals surface area (Å²) in [4.78, 5) is 11.1. The van der Waals surface area contributed by atoms with Gasteiger partial charge in [-0.1, -0.05) is 13.0 Å². The Balaban J connectivity index is 2.64. The van der Waals surface area contributed by atoms with Crippen LogP contribution >= 0.6 is 0 Å². The van der Waals surface area contributed by atoms with Gasteiger partial charge in [-0.15, -0.1) is 0 Å². The summed E-state index contributed by atoms with van der Waals surface area (Å²) in [5, 5.41) is 9.42. The molecule has 0 aromatic heterocycles. The summed E-state index contributed by atoms with van der Waals surface area (Å²) < 4.78 is 5.02. The molecular formula is C13H18O3. The predicted octanol–water partition coefficient (Wildman–Crippen LogP) is 2.56. The largest absolute Gasteiger partial charge is 0.504 e. The molecule has 0 aliphatic carbocycles. The zero-order valence-electron chi connectivity index (χ0n) is 9.99. The normalized spacial score (nSPS) is 12.2. The van der Waals surface area contributed by atoms with E-state index in [-0.39, 0.29) is 17.5 Å². The number of ketones is 1. The first-order chi connectivity index (χ1) is 7.54. The van der Waals surface area contributed by atoms with Crippen molar-refractivity contribution in [3.63, 3.8) is 0 Å². The molecule has 3 nitrogen and oxygen atoms in total. The van der Waals surface area contributed by atoms with Gasteiger partial charge in [-0.05, 0) is 37.5 Å². The number of phenolic OH excluding ortho intramolecular Hbond substituents is 1. The lowest BCUT2D eigenvalue weighted by Gasteiger charge is -2.09. The van der Waals surface area contributed by atoms with Crippen molar-refractivity contribution in [3.8, 4) is 11.5 Å². The molecule has 0 spiro atoms. The highest BCUT2D eigenvalue weighted by Gasteiger charge is 2.08. The molecule has 0 heterocycles. The first kappa shape index (κ1) is 12.6. The van der Waals surface area contributed by atoms with Gasteiger partial charge in [0.15, 0.2) is 11.5 Å². The molecule has 3 heteroatoms. The minimum atomic E-state index is 0.0831. The molecule has 0 aliphatic heterocycles. The lowest BCUT2D eigenvalue weighted by Crippen LogP contribution is -2.07. The second kappa shape index (κ2) is 5.54. The fourth-order valence-corrected chi connectivity index (χ4v) is 1.46. The Kier molecular flexibility index (Phi) is 4.35. The van der Waals surface area contributed by atoms with Crippen molar-refractivity contribution in [2.75, 3.05) is 7.11 Å². The monoisotopic (exact) mass is 222 g/mol. The standard InChI is InChI=1S/C13H18O3/c1-9(10(2)14)4-5-11-6-7-12(15)13(8-11)16-3/h6-9,15H,4-5H2,1-3H3. The number of carbonyl (C=O) groups is 1. The third-order valence-electron chi connectivity index (χ3n) is 2.80. The molecular weight excluding hydrogens is 204 g/mol. The molecule has 0 saturated carbocycles. The van der Waals surface area contributed by atoms with E-state index in [9.17, 15) is 9.90 Å². The van der Waals surface area contributed by atoms with Crippen LogP contribution in [0.2, 0.25) is 0 Å². The number of hydrogen-bond donors (Lipinski definition) is 1. The second-order valence-corrected chi connectivity index (χ2v) is 4.06. The van der Waals surface area contributed by atoms with Crippen molar-refractivity contribution in [3.05, 3.63) is 23.8 Å². The molecule has 1 unspecified atom stereocenters. The van der Waals surface area contributed by atoms with E-state index in [1.165, 1.54) is 7.11 Å². The van der Waals surface area contributed by atoms with Crippen LogP contribution in [0.3, 0.4) is 0 Å². The van der Waals surface area contributed by atoms with Crippen molar-refractivity contribution in [2.45, 2.75) is 26.7 Å². The van der Waals surface area contributed by atoms with E-state index >= 15 is 0 Å². The van der Waals surface area contributed by atoms with E-state index in [1.54, 1.807) is 13.0 Å². The summed E-state index contributed by atoms with van der Waals surface area (Å²) in [5.41, 5.74) is 1.07. The molecule has 1 N–H and O–H groups in total. The van der Waals surface area contributed by atoms with Crippen molar-refractivity contribution < 1.29 is 14.6 Å². The Morgan fingerprint density at radius 1 is 1.50 bits per heavy atom. The van der Waals surface area contributed by atoms with Gasteiger partial charge in [-0.3, -0.25) is 4.79 Å². The van der Waals surface area contributed by atoms with Crippen molar-refractivity contribution in [1.82, 2.24) is 0 Å². The number of benzene rings is 1. The van der Waals surface area contributed by atoms with E-state index in [4.69, 9.17) is 4.74 Å². The summed E-state index contributed by atoms with van der Waals surface area (Å²) in [6.07, 6.45) is 1.64. The number of aryl methyl sites for hydroxylation is 1. The van der Waals surface area contributed by atoms with Gasteiger partial charge in [0.05, 0.1) is 7.11 Å². The van der Waals surface area contributed by atoms with Gasteiger partial charge in [0, 0.05) is 5.92 Å². The van der Waals surface area contributed by atoms with Crippen LogP contribution in [-0.2, 0) is 11.2 Å². The number of methoxy groups -OCH3 is 1. The molecule has 88 valence electrons. The molecule has 0 radical (unpaired) electrons. The van der Waals surface area contributed by atoms with Gasteiger partial charge in [0.25, 0.3) is 0 Å². The van der Waals surface area contributed by atoms with E-state index in [2.05, 4.69) is 0 Å². The number of rotatable bonds is 5. The van der Waals surface area contributed by atoms with Gasteiger partial charge in [0.1, 0.15) is 5.78 Å². The Labute approximate surface area is 96.1 Å². The van der Waals surface area contributed by atoms with Crippen LogP contribution in [0.1, 0.15) is 25.8 Å². The molecule has 16 heavy (non-hydrogen) atoms. The summed E-state index contributed by atoms with van der Waals surface area (Å²) in [7, 11) is 1.52. The number of ether oxygens (including phenoxy) is 1. The maximum absolute atomic E-state index is 11.1. The molecule has 1 aromatic rings. The third-order valence-corrected chi connectivity index (χ3v) is 2.80. The first-order valence-electron chi connectivity index (χ1n) is 5.41. The summed E-state index contributed by atoms with van der Waals surface area (Å²) in [5.74, 6) is 0.921. The Hall–Kier alpha value is -1.51. The second-order valence-electron chi connectivity index (χ2n) is 4.06. The van der Waals surface area contributed by atoms with E-state index < -0.39 is 0 Å². The van der Waals surface area contributed by atoms with Crippen LogP contribution in [0.5, 0.6) is 11.5 Å². The Morgan fingerprint density at radius 3 is 2.75 bits per heavy atom. The smallest absolute Gasteiger partial charge is 0.160 e. The van der Waals surface area contributed by atoms with E-state index in [0.29, 0.717) is 5.75 Å². The summed E-state index contributed by atoms with van der Waals surface area (Å²) in [6.45, 7) is 3.54. The van der Waals surface area contributed by atoms with Crippen LogP contribution in [0.25, 0.3) is 0 Å². The van der Waals surface area contributed by atoms with Gasteiger partial charge in [-0.25, -0.2) is 0 Å². The highest BCUT2D eigenvalue weighted by atomic mass is 16.5. The average molecular weight is 222 g/mol. The average Bonchev–Trinajstić information content (AvgIpc) is 2.27. The summed E-state index contributed by atoms with van der Waals surface area (Å²) in [6, 6.07) is 5.28. The van der Waals surface area contributed by atoms with Crippen molar-refractivity contribution in [2.24, 2.45) is 5.92 Å². The SMILES string of the molecule is COc1cc(CCC(C)C(C)=O)ccc1O. The molecule has 1 atom stereocenters. The summed E-state index contributed by atoms with van der Waals surface area (Å²) >= 11 is 0. The van der Waals surface area contributed by atoms with Gasteiger partial charge in [-0.2, -0.15) is 0 Å². The highest BCUT2D eigenvalue weighted by Crippen LogP contribution is 2.27. The lowest BCUT2D eigenvalue weighted by atomic mass is 9.98. The van der Waals surface area contributed by atoms with Crippen LogP contribution in [0.15, 0.2) is 18.2 Å². The highest BCUT2D eigenvalue weighted by molar-refractivity contribution is 5.77. The number of hydrogen-bond acceptors (Lipinski definition) is 3. The first-order valence-corrected chi connectivity index (χ1v) is 5.41. The molecule has 0 amide bonds. The fourth-order valence-electron chi connectivity index (χ4n) is 1.46. The minimum Gasteiger partial charge on any atom is -0.504 e. The van der Waals surface area contributed by atoms with Gasteiger partial charge < -0.3 is 9.84 Å². The topological polar surface area (TPSA) is 46.5 Å². The molecule has 0 fully saturated rings. The minimum absolute atomic E-state index is 0.0831. The zero-order chi connectivity index (χ0) is 12.1. The fraction of sp³-hybridized carbons (Fsp3) is 0.462. The van der Waals surface area contributed by atoms with Gasteiger partial charge in [0.2, 0.25) is 0 Å². The Bertz CT molecular complexity index is 371. The molecule has 1 rings (SSSR count). The lowest BCUT2D eigenvalue weighted by molar-refractivity contribution is -0.120. The molecule has 0 saturated heterocycles. The number of Topliss-reactive ketones (excluding diaryl/α,β-unsaturated/α-hetero) is 1. The quantitative estimate of drug-likeness (QED) is 0.832. The molecule has 0 bridgehead atoms. The van der Waals surface area contributed by atoms with E-state index in [0.717, 1.165) is 18.4 Å². The van der Waals surface area contributed by atoms with Crippen LogP contribution in [0.4, 0.5) is 0 Å². The number of phenols is 1. The Morgan fingerprint density at radius 2 is 2.19 bits per heavy atom. The van der Waals surface area contributed by atoms with E-state index in [1.807, 2.05) is 19.1 Å².